The van der Waals surface area contributed by atoms with E-state index in [4.69, 9.17) is 5.41 Å². The fourth-order valence-electron chi connectivity index (χ4n) is 1.47. The lowest BCUT2D eigenvalue weighted by Gasteiger charge is -2.26. The highest BCUT2D eigenvalue weighted by Gasteiger charge is 2.23. The zero-order valence-electron chi connectivity index (χ0n) is 11.7. The molecule has 2 N–H and O–H groups in total. The average molecular weight is 233 g/mol. The number of anilines is 1. The number of rotatable bonds is 2. The van der Waals surface area contributed by atoms with Crippen LogP contribution < -0.4 is 5.32 Å². The summed E-state index contributed by atoms with van der Waals surface area (Å²) in [6.07, 6.45) is 1.76. The lowest BCUT2D eigenvalue weighted by molar-refractivity contribution is 0.587. The Kier molecular flexibility index (Phi) is 3.60. The minimum atomic E-state index is -0.169. The Morgan fingerprint density at radius 3 is 2.24 bits per heavy atom. The summed E-state index contributed by atoms with van der Waals surface area (Å²) in [6, 6.07) is 3.83. The van der Waals surface area contributed by atoms with Crippen LogP contribution in [0.1, 0.15) is 47.1 Å². The van der Waals surface area contributed by atoms with Crippen molar-refractivity contribution in [3.05, 3.63) is 23.9 Å². The Hall–Kier alpha value is -1.38. The first-order chi connectivity index (χ1) is 7.61. The molecule has 1 aromatic heterocycles. The first-order valence-electron chi connectivity index (χ1n) is 5.94. The first kappa shape index (κ1) is 13.7. The number of pyridine rings is 1. The highest BCUT2D eigenvalue weighted by Crippen LogP contribution is 2.25. The van der Waals surface area contributed by atoms with Gasteiger partial charge in [0.25, 0.3) is 0 Å². The second-order valence-electron chi connectivity index (χ2n) is 6.40. The molecule has 94 valence electrons. The minimum absolute atomic E-state index is 0.0543. The molecule has 0 amide bonds. The van der Waals surface area contributed by atoms with E-state index in [1.54, 1.807) is 6.20 Å². The predicted molar refractivity (Wildman–Crippen MR) is 73.9 cm³/mol. The predicted octanol–water partition coefficient (Wildman–Crippen LogP) is 3.71. The van der Waals surface area contributed by atoms with Gasteiger partial charge in [-0.15, -0.1) is 0 Å². The number of nitrogens with one attached hydrogen (secondary N) is 2. The highest BCUT2D eigenvalue weighted by molar-refractivity contribution is 6.05. The van der Waals surface area contributed by atoms with Gasteiger partial charge in [0.05, 0.1) is 0 Å². The van der Waals surface area contributed by atoms with E-state index in [1.165, 1.54) is 0 Å². The summed E-state index contributed by atoms with van der Waals surface area (Å²) in [5, 5.41) is 11.6. The lowest BCUT2D eigenvalue weighted by atomic mass is 9.85. The molecule has 1 aromatic rings. The maximum Gasteiger partial charge on any atom is 0.135 e. The van der Waals surface area contributed by atoms with Crippen molar-refractivity contribution in [2.75, 3.05) is 5.32 Å². The maximum absolute atomic E-state index is 8.25. The molecule has 0 atom stereocenters. The minimum Gasteiger partial charge on any atom is -0.365 e. The molecule has 1 rings (SSSR count). The number of hydrogen-bond donors (Lipinski definition) is 2. The normalized spacial score (nSPS) is 12.4. The van der Waals surface area contributed by atoms with Gasteiger partial charge in [0.15, 0.2) is 0 Å². The molecular weight excluding hydrogens is 210 g/mol. The van der Waals surface area contributed by atoms with Crippen LogP contribution in [0.15, 0.2) is 18.3 Å². The van der Waals surface area contributed by atoms with Gasteiger partial charge < -0.3 is 10.7 Å². The fraction of sp³-hybridized carbons (Fsp3) is 0.571. The van der Waals surface area contributed by atoms with Crippen molar-refractivity contribution >= 4 is 11.5 Å². The highest BCUT2D eigenvalue weighted by atomic mass is 15.0. The molecule has 0 aromatic carbocycles. The lowest BCUT2D eigenvalue weighted by Crippen LogP contribution is -2.29. The quantitative estimate of drug-likeness (QED) is 0.765. The smallest absolute Gasteiger partial charge is 0.135 e. The second kappa shape index (κ2) is 4.47. The molecule has 0 bridgehead atoms. The third-order valence-corrected chi connectivity index (χ3v) is 2.32. The molecule has 0 aliphatic carbocycles. The van der Waals surface area contributed by atoms with Crippen LogP contribution >= 0.6 is 0 Å². The molecule has 0 saturated carbocycles. The van der Waals surface area contributed by atoms with Gasteiger partial charge in [-0.25, -0.2) is 4.98 Å². The molecule has 3 nitrogen and oxygen atoms in total. The van der Waals surface area contributed by atoms with Crippen molar-refractivity contribution in [2.24, 2.45) is 5.41 Å². The average Bonchev–Trinajstić information content (AvgIpc) is 2.13. The zero-order chi connectivity index (χ0) is 13.3. The van der Waals surface area contributed by atoms with Crippen LogP contribution in [0.4, 0.5) is 5.82 Å². The first-order valence-corrected chi connectivity index (χ1v) is 5.94. The van der Waals surface area contributed by atoms with E-state index >= 15 is 0 Å². The van der Waals surface area contributed by atoms with E-state index in [2.05, 4.69) is 31.1 Å². The number of nitrogens with zero attached hydrogens (tertiary/aromatic N) is 1. The largest absolute Gasteiger partial charge is 0.365 e. The molecule has 17 heavy (non-hydrogen) atoms. The molecule has 0 spiro atoms. The van der Waals surface area contributed by atoms with Gasteiger partial charge >= 0.3 is 0 Å². The Balaban J connectivity index is 3.13. The van der Waals surface area contributed by atoms with Crippen molar-refractivity contribution < 1.29 is 0 Å². The van der Waals surface area contributed by atoms with Crippen molar-refractivity contribution in [3.8, 4) is 0 Å². The summed E-state index contributed by atoms with van der Waals surface area (Å²) < 4.78 is 0. The summed E-state index contributed by atoms with van der Waals surface area (Å²) in [4.78, 5) is 4.35. The fourth-order valence-corrected chi connectivity index (χ4v) is 1.47. The van der Waals surface area contributed by atoms with Crippen molar-refractivity contribution in [1.82, 2.24) is 4.98 Å². The molecule has 1 heterocycles. The molecule has 0 unspecified atom stereocenters. The molecule has 3 heteroatoms. The Morgan fingerprint density at radius 1 is 1.18 bits per heavy atom. The van der Waals surface area contributed by atoms with Crippen LogP contribution in [0.3, 0.4) is 0 Å². The Bertz CT molecular complexity index is 408. The van der Waals surface area contributed by atoms with Crippen LogP contribution in [0.2, 0.25) is 0 Å². The van der Waals surface area contributed by atoms with Gasteiger partial charge in [0.1, 0.15) is 5.82 Å². The summed E-state index contributed by atoms with van der Waals surface area (Å²) in [7, 11) is 0. The molecule has 0 saturated heterocycles. The van der Waals surface area contributed by atoms with E-state index < -0.39 is 0 Å². The van der Waals surface area contributed by atoms with Gasteiger partial charge in [-0.2, -0.15) is 0 Å². The van der Waals surface area contributed by atoms with E-state index in [1.807, 2.05) is 32.9 Å². The van der Waals surface area contributed by atoms with Crippen LogP contribution in [0.5, 0.6) is 0 Å². The summed E-state index contributed by atoms with van der Waals surface area (Å²) in [6.45, 7) is 12.4. The third kappa shape index (κ3) is 3.84. The number of hydrogen-bond acceptors (Lipinski definition) is 3. The topological polar surface area (TPSA) is 48.8 Å². The van der Waals surface area contributed by atoms with E-state index in [0.29, 0.717) is 5.71 Å². The van der Waals surface area contributed by atoms with Crippen LogP contribution in [0.25, 0.3) is 0 Å². The van der Waals surface area contributed by atoms with Gasteiger partial charge in [-0.1, -0.05) is 20.8 Å². The molecule has 0 aliphatic heterocycles. The van der Waals surface area contributed by atoms with E-state index in [-0.39, 0.29) is 11.0 Å². The maximum atomic E-state index is 8.25. The molecule has 0 aliphatic rings. The van der Waals surface area contributed by atoms with E-state index in [0.717, 1.165) is 11.4 Å². The Morgan fingerprint density at radius 2 is 1.76 bits per heavy atom. The molecule has 0 radical (unpaired) electrons. The van der Waals surface area contributed by atoms with Crippen molar-refractivity contribution in [2.45, 2.75) is 47.1 Å². The van der Waals surface area contributed by atoms with Crippen LogP contribution in [-0.2, 0) is 0 Å². The zero-order valence-corrected chi connectivity index (χ0v) is 11.7. The van der Waals surface area contributed by atoms with Gasteiger partial charge in [-0.3, -0.25) is 0 Å². The SMILES string of the molecule is CC(C)(C)Nc1ncccc1C(=N)C(C)(C)C. The van der Waals surface area contributed by atoms with Gasteiger partial charge in [0, 0.05) is 28.4 Å². The summed E-state index contributed by atoms with van der Waals surface area (Å²) >= 11 is 0. The summed E-state index contributed by atoms with van der Waals surface area (Å²) in [5.41, 5.74) is 1.27. The van der Waals surface area contributed by atoms with Crippen LogP contribution in [-0.4, -0.2) is 16.2 Å². The monoisotopic (exact) mass is 233 g/mol. The van der Waals surface area contributed by atoms with Crippen molar-refractivity contribution in [3.63, 3.8) is 0 Å². The van der Waals surface area contributed by atoms with Crippen molar-refractivity contribution in [1.29, 1.82) is 5.41 Å². The molecule has 0 fully saturated rings. The standard InChI is InChI=1S/C14H23N3/c1-13(2,3)11(15)10-8-7-9-16-12(10)17-14(4,5)6/h7-9,15H,1-6H3,(H,16,17). The Labute approximate surface area is 104 Å². The third-order valence-electron chi connectivity index (χ3n) is 2.32. The van der Waals surface area contributed by atoms with Gasteiger partial charge in [0.2, 0.25) is 0 Å². The summed E-state index contributed by atoms with van der Waals surface area (Å²) in [5.74, 6) is 0.792. The number of aromatic nitrogens is 1. The van der Waals surface area contributed by atoms with Gasteiger partial charge in [-0.05, 0) is 32.9 Å². The second-order valence-corrected chi connectivity index (χ2v) is 6.40. The van der Waals surface area contributed by atoms with Crippen LogP contribution in [0, 0.1) is 10.8 Å². The molecular formula is C14H23N3. The van der Waals surface area contributed by atoms with E-state index in [9.17, 15) is 0 Å².